The quantitative estimate of drug-likeness (QED) is 0.825. The van der Waals surface area contributed by atoms with Gasteiger partial charge in [0, 0.05) is 24.7 Å². The Morgan fingerprint density at radius 3 is 3.06 bits per heavy atom. The van der Waals surface area contributed by atoms with Gasteiger partial charge in [0.2, 0.25) is 0 Å². The Kier molecular flexibility index (Phi) is 5.45. The highest BCUT2D eigenvalue weighted by Crippen LogP contribution is 2.14. The third-order valence-corrected chi connectivity index (χ3v) is 3.61. The van der Waals surface area contributed by atoms with Crippen LogP contribution in [0.15, 0.2) is 24.3 Å². The van der Waals surface area contributed by atoms with E-state index in [2.05, 4.69) is 23.3 Å². The van der Waals surface area contributed by atoms with Gasteiger partial charge in [-0.15, -0.1) is 0 Å². The number of rotatable bonds is 5. The van der Waals surface area contributed by atoms with Gasteiger partial charge in [0.15, 0.2) is 0 Å². The molecule has 1 atom stereocenters. The number of nitrogens with one attached hydrogen (secondary N) is 1. The standard InChI is InChI=1S/C14H21ClN2O/c1-17-8-9-18-13(11-17)10-16-7-6-12-4-2-3-5-14(12)15/h2-5,13,16H,6-11H2,1H3. The fourth-order valence-corrected chi connectivity index (χ4v) is 2.41. The Morgan fingerprint density at radius 1 is 1.44 bits per heavy atom. The summed E-state index contributed by atoms with van der Waals surface area (Å²) in [4.78, 5) is 2.31. The highest BCUT2D eigenvalue weighted by molar-refractivity contribution is 6.31. The van der Waals surface area contributed by atoms with E-state index in [1.807, 2.05) is 18.2 Å². The van der Waals surface area contributed by atoms with Crippen molar-refractivity contribution in [2.45, 2.75) is 12.5 Å². The molecule has 1 fully saturated rings. The lowest BCUT2D eigenvalue weighted by molar-refractivity contribution is -0.0179. The molecule has 0 saturated carbocycles. The topological polar surface area (TPSA) is 24.5 Å². The number of halogens is 1. The number of nitrogens with zero attached hydrogens (tertiary/aromatic N) is 1. The lowest BCUT2D eigenvalue weighted by Crippen LogP contribution is -2.45. The summed E-state index contributed by atoms with van der Waals surface area (Å²) in [6.07, 6.45) is 1.28. The second kappa shape index (κ2) is 7.10. The summed E-state index contributed by atoms with van der Waals surface area (Å²) >= 11 is 6.11. The van der Waals surface area contributed by atoms with Crippen LogP contribution in [0.2, 0.25) is 5.02 Å². The van der Waals surface area contributed by atoms with Gasteiger partial charge in [0.25, 0.3) is 0 Å². The Bertz CT molecular complexity index is 373. The van der Waals surface area contributed by atoms with Gasteiger partial charge in [0.05, 0.1) is 12.7 Å². The average Bonchev–Trinajstić information content (AvgIpc) is 2.37. The predicted molar refractivity (Wildman–Crippen MR) is 75.3 cm³/mol. The zero-order valence-corrected chi connectivity index (χ0v) is 11.6. The van der Waals surface area contributed by atoms with E-state index in [9.17, 15) is 0 Å². The SMILES string of the molecule is CN1CCOC(CNCCc2ccccc2Cl)C1. The number of benzene rings is 1. The predicted octanol–water partition coefficient (Wildman–Crippen LogP) is 1.80. The Balaban J connectivity index is 1.65. The minimum absolute atomic E-state index is 0.315. The Morgan fingerprint density at radius 2 is 2.28 bits per heavy atom. The van der Waals surface area contributed by atoms with Gasteiger partial charge < -0.3 is 15.0 Å². The number of likely N-dealkylation sites (N-methyl/N-ethyl adjacent to an activating group) is 1. The molecule has 2 rings (SSSR count). The zero-order chi connectivity index (χ0) is 12.8. The molecule has 0 radical (unpaired) electrons. The number of hydrogen-bond donors (Lipinski definition) is 1. The van der Waals surface area contributed by atoms with Crippen molar-refractivity contribution < 1.29 is 4.74 Å². The summed E-state index contributed by atoms with van der Waals surface area (Å²) in [7, 11) is 2.14. The molecule has 0 bridgehead atoms. The second-order valence-corrected chi connectivity index (χ2v) is 5.21. The minimum atomic E-state index is 0.315. The molecule has 1 N–H and O–H groups in total. The fourth-order valence-electron chi connectivity index (χ4n) is 2.18. The third kappa shape index (κ3) is 4.25. The summed E-state index contributed by atoms with van der Waals surface area (Å²) in [5, 5.41) is 4.30. The maximum absolute atomic E-state index is 6.11. The van der Waals surface area contributed by atoms with Crippen molar-refractivity contribution in [2.24, 2.45) is 0 Å². The van der Waals surface area contributed by atoms with Crippen LogP contribution in [0.25, 0.3) is 0 Å². The highest BCUT2D eigenvalue weighted by atomic mass is 35.5. The van der Waals surface area contributed by atoms with E-state index in [1.165, 1.54) is 5.56 Å². The molecule has 0 spiro atoms. The zero-order valence-electron chi connectivity index (χ0n) is 10.9. The fraction of sp³-hybridized carbons (Fsp3) is 0.571. The molecule has 1 heterocycles. The molecule has 1 aliphatic rings. The van der Waals surface area contributed by atoms with Gasteiger partial charge >= 0.3 is 0 Å². The first kappa shape index (κ1) is 13.8. The highest BCUT2D eigenvalue weighted by Gasteiger charge is 2.16. The molecule has 1 saturated heterocycles. The summed E-state index contributed by atoms with van der Waals surface area (Å²) < 4.78 is 5.69. The molecular weight excluding hydrogens is 248 g/mol. The van der Waals surface area contributed by atoms with Gasteiger partial charge in [0.1, 0.15) is 0 Å². The second-order valence-electron chi connectivity index (χ2n) is 4.80. The van der Waals surface area contributed by atoms with E-state index in [4.69, 9.17) is 16.3 Å². The van der Waals surface area contributed by atoms with Crippen LogP contribution in [0.5, 0.6) is 0 Å². The van der Waals surface area contributed by atoms with Crippen LogP contribution in [-0.4, -0.2) is 50.8 Å². The average molecular weight is 269 g/mol. The van der Waals surface area contributed by atoms with E-state index in [-0.39, 0.29) is 0 Å². The lowest BCUT2D eigenvalue weighted by Gasteiger charge is -2.30. The molecule has 1 aliphatic heterocycles. The van der Waals surface area contributed by atoms with Gasteiger partial charge in [-0.05, 0) is 31.6 Å². The van der Waals surface area contributed by atoms with Crippen LogP contribution >= 0.6 is 11.6 Å². The number of morpholine rings is 1. The lowest BCUT2D eigenvalue weighted by atomic mass is 10.1. The molecule has 0 aliphatic carbocycles. The smallest absolute Gasteiger partial charge is 0.0826 e. The van der Waals surface area contributed by atoms with Crippen LogP contribution in [0.3, 0.4) is 0 Å². The molecular formula is C14H21ClN2O. The number of hydrogen-bond acceptors (Lipinski definition) is 3. The molecule has 3 nitrogen and oxygen atoms in total. The molecule has 1 aromatic carbocycles. The summed E-state index contributed by atoms with van der Waals surface area (Å²) in [6, 6.07) is 8.01. The Labute approximate surface area is 114 Å². The van der Waals surface area contributed by atoms with Crippen molar-refractivity contribution in [1.82, 2.24) is 10.2 Å². The Hall–Kier alpha value is -0.610. The van der Waals surface area contributed by atoms with Gasteiger partial charge in [-0.25, -0.2) is 0 Å². The van der Waals surface area contributed by atoms with Crippen molar-refractivity contribution in [3.63, 3.8) is 0 Å². The largest absolute Gasteiger partial charge is 0.374 e. The number of ether oxygens (including phenoxy) is 1. The van der Waals surface area contributed by atoms with Crippen molar-refractivity contribution in [2.75, 3.05) is 39.8 Å². The van der Waals surface area contributed by atoms with Crippen LogP contribution in [0, 0.1) is 0 Å². The molecule has 0 aromatic heterocycles. The van der Waals surface area contributed by atoms with Crippen molar-refractivity contribution in [1.29, 1.82) is 0 Å². The molecule has 100 valence electrons. The van der Waals surface area contributed by atoms with Crippen molar-refractivity contribution >= 4 is 11.6 Å². The summed E-state index contributed by atoms with van der Waals surface area (Å²) in [6.45, 7) is 4.74. The van der Waals surface area contributed by atoms with Gasteiger partial charge in [-0.1, -0.05) is 29.8 Å². The minimum Gasteiger partial charge on any atom is -0.374 e. The van der Waals surface area contributed by atoms with Gasteiger partial charge in [-0.3, -0.25) is 0 Å². The first-order valence-electron chi connectivity index (χ1n) is 6.50. The van der Waals surface area contributed by atoms with Crippen LogP contribution in [-0.2, 0) is 11.2 Å². The van der Waals surface area contributed by atoms with Crippen molar-refractivity contribution in [3.8, 4) is 0 Å². The first-order valence-corrected chi connectivity index (χ1v) is 6.88. The summed E-state index contributed by atoms with van der Waals surface area (Å²) in [5.41, 5.74) is 1.20. The van der Waals surface area contributed by atoms with E-state index in [0.29, 0.717) is 6.10 Å². The molecule has 1 unspecified atom stereocenters. The molecule has 4 heteroatoms. The molecule has 18 heavy (non-hydrogen) atoms. The summed E-state index contributed by atoms with van der Waals surface area (Å²) in [5.74, 6) is 0. The monoisotopic (exact) mass is 268 g/mol. The van der Waals surface area contributed by atoms with Crippen LogP contribution in [0.4, 0.5) is 0 Å². The van der Waals surface area contributed by atoms with Crippen LogP contribution < -0.4 is 5.32 Å². The maximum atomic E-state index is 6.11. The van der Waals surface area contributed by atoms with E-state index in [0.717, 1.165) is 44.2 Å². The third-order valence-electron chi connectivity index (χ3n) is 3.24. The first-order chi connectivity index (χ1) is 8.75. The maximum Gasteiger partial charge on any atom is 0.0826 e. The van der Waals surface area contributed by atoms with E-state index < -0.39 is 0 Å². The van der Waals surface area contributed by atoms with Crippen molar-refractivity contribution in [3.05, 3.63) is 34.9 Å². The van der Waals surface area contributed by atoms with E-state index >= 15 is 0 Å². The molecule has 1 aromatic rings. The van der Waals surface area contributed by atoms with Crippen LogP contribution in [0.1, 0.15) is 5.56 Å². The van der Waals surface area contributed by atoms with Gasteiger partial charge in [-0.2, -0.15) is 0 Å². The normalized spacial score (nSPS) is 21.1. The van der Waals surface area contributed by atoms with E-state index in [1.54, 1.807) is 0 Å². The molecule has 0 amide bonds.